The number of hydrogen-bond acceptors (Lipinski definition) is 6. The quantitative estimate of drug-likeness (QED) is 0.721. The van der Waals surface area contributed by atoms with Crippen LogP contribution in [0.15, 0.2) is 23.6 Å². The fourth-order valence-electron chi connectivity index (χ4n) is 2.04. The Morgan fingerprint density at radius 2 is 2.09 bits per heavy atom. The van der Waals surface area contributed by atoms with Crippen molar-refractivity contribution in [3.8, 4) is 15.6 Å². The van der Waals surface area contributed by atoms with Crippen LogP contribution < -0.4 is 16.2 Å². The van der Waals surface area contributed by atoms with Gasteiger partial charge in [-0.05, 0) is 17.5 Å². The maximum atomic E-state index is 13.4. The van der Waals surface area contributed by atoms with E-state index in [1.165, 1.54) is 11.3 Å². The van der Waals surface area contributed by atoms with Crippen LogP contribution in [-0.2, 0) is 6.18 Å². The molecule has 0 atom stereocenters. The van der Waals surface area contributed by atoms with Crippen molar-refractivity contribution in [1.82, 2.24) is 4.98 Å². The molecule has 10 heteroatoms. The Morgan fingerprint density at radius 3 is 2.65 bits per heavy atom. The summed E-state index contributed by atoms with van der Waals surface area (Å²) in [5.74, 6) is 0. The van der Waals surface area contributed by atoms with Gasteiger partial charge in [0.2, 0.25) is 5.06 Å². The van der Waals surface area contributed by atoms with Gasteiger partial charge in [0.05, 0.1) is 27.2 Å². The number of amides is 1. The summed E-state index contributed by atoms with van der Waals surface area (Å²) in [6.07, 6.45) is -5.79. The number of thiophene rings is 2. The molecule has 0 fully saturated rings. The number of carbonyl (C=O) groups is 1. The summed E-state index contributed by atoms with van der Waals surface area (Å²) in [6, 6.07) is 4.31. The number of halogens is 3. The van der Waals surface area contributed by atoms with Gasteiger partial charge in [-0.25, -0.2) is 9.78 Å². The van der Waals surface area contributed by atoms with Crippen LogP contribution in [0.4, 0.5) is 23.7 Å². The Bertz CT molecular complexity index is 888. The normalized spacial score (nSPS) is 11.8. The van der Waals surface area contributed by atoms with Gasteiger partial charge in [0.1, 0.15) is 4.83 Å². The minimum Gasteiger partial charge on any atom is -0.397 e. The number of alkyl halides is 3. The van der Waals surface area contributed by atoms with Crippen LogP contribution >= 0.6 is 22.7 Å². The molecule has 0 aliphatic rings. The molecule has 0 saturated heterocycles. The average Bonchev–Trinajstić information content (AvgIpc) is 3.06. The number of aromatic nitrogens is 1. The minimum atomic E-state index is -4.63. The third-order valence-electron chi connectivity index (χ3n) is 2.94. The summed E-state index contributed by atoms with van der Waals surface area (Å²) in [5.41, 5.74) is 9.53. The van der Waals surface area contributed by atoms with E-state index >= 15 is 0 Å². The zero-order chi connectivity index (χ0) is 16.8. The van der Waals surface area contributed by atoms with Crippen molar-refractivity contribution in [1.29, 1.82) is 0 Å². The summed E-state index contributed by atoms with van der Waals surface area (Å²) in [4.78, 5) is 15.7. The van der Waals surface area contributed by atoms with Crippen molar-refractivity contribution in [3.63, 3.8) is 0 Å². The van der Waals surface area contributed by atoms with E-state index in [1.54, 1.807) is 17.5 Å². The van der Waals surface area contributed by atoms with E-state index in [0.29, 0.717) is 4.88 Å². The second-order valence-electron chi connectivity index (χ2n) is 4.43. The van der Waals surface area contributed by atoms with Crippen LogP contribution in [0.25, 0.3) is 20.8 Å². The topological polar surface area (TPSA) is 91.2 Å². The second-order valence-corrected chi connectivity index (χ2v) is 6.34. The summed E-state index contributed by atoms with van der Waals surface area (Å²) < 4.78 is 44.8. The summed E-state index contributed by atoms with van der Waals surface area (Å²) in [6.45, 7) is 0. The first-order chi connectivity index (χ1) is 10.8. The number of rotatable bonds is 2. The number of nitrogens with zero attached hydrogens (tertiary/aromatic N) is 1. The van der Waals surface area contributed by atoms with E-state index in [1.807, 2.05) is 0 Å². The number of carbonyl (C=O) groups excluding carboxylic acids is 1. The predicted octanol–water partition coefficient (Wildman–Crippen LogP) is 4.08. The predicted molar refractivity (Wildman–Crippen MR) is 82.6 cm³/mol. The number of primary amides is 1. The molecule has 3 aromatic rings. The van der Waals surface area contributed by atoms with Crippen LogP contribution in [0.3, 0.4) is 0 Å². The van der Waals surface area contributed by atoms with Crippen LogP contribution in [-0.4, -0.2) is 11.1 Å². The zero-order valence-corrected chi connectivity index (χ0v) is 12.8. The first-order valence-corrected chi connectivity index (χ1v) is 7.78. The molecule has 0 aromatic carbocycles. The molecule has 3 heterocycles. The first-order valence-electron chi connectivity index (χ1n) is 6.08. The van der Waals surface area contributed by atoms with Gasteiger partial charge < -0.3 is 16.2 Å². The second kappa shape index (κ2) is 5.39. The van der Waals surface area contributed by atoms with E-state index in [0.717, 1.165) is 17.4 Å². The monoisotopic (exact) mass is 359 g/mol. The molecule has 23 heavy (non-hydrogen) atoms. The number of nitrogens with two attached hydrogens (primary N) is 2. The van der Waals surface area contributed by atoms with Crippen LogP contribution in [0.1, 0.15) is 5.56 Å². The molecule has 1 amide bonds. The molecular formula is C13H8F3N3O2S2. The number of hydrogen-bond donors (Lipinski definition) is 2. The van der Waals surface area contributed by atoms with Gasteiger partial charge >= 0.3 is 12.3 Å². The first kappa shape index (κ1) is 15.6. The van der Waals surface area contributed by atoms with E-state index in [4.69, 9.17) is 11.5 Å². The highest BCUT2D eigenvalue weighted by Gasteiger charge is 2.36. The molecule has 0 unspecified atom stereocenters. The SMILES string of the molecule is NC(=O)Oc1sc2nc(-c3cccs3)cc(C(F)(F)F)c2c1N. The van der Waals surface area contributed by atoms with E-state index in [2.05, 4.69) is 9.72 Å². The highest BCUT2D eigenvalue weighted by Crippen LogP contribution is 2.46. The lowest BCUT2D eigenvalue weighted by Crippen LogP contribution is -2.16. The van der Waals surface area contributed by atoms with Crippen molar-refractivity contribution in [2.24, 2.45) is 5.73 Å². The standard InChI is InChI=1S/C13H8F3N3O2S2/c14-13(15,16)5-4-6(7-2-1-3-22-7)19-10-8(5)9(17)11(23-10)21-12(18)20/h1-4H,17H2,(H2,18,20). The van der Waals surface area contributed by atoms with Gasteiger partial charge in [0.15, 0.2) is 0 Å². The van der Waals surface area contributed by atoms with Crippen LogP contribution in [0, 0.1) is 0 Å². The molecule has 5 nitrogen and oxygen atoms in total. The largest absolute Gasteiger partial charge is 0.417 e. The number of pyridine rings is 1. The molecule has 0 aliphatic carbocycles. The van der Waals surface area contributed by atoms with Gasteiger partial charge in [-0.15, -0.1) is 11.3 Å². The van der Waals surface area contributed by atoms with Crippen LogP contribution in [0.2, 0.25) is 0 Å². The molecule has 3 aromatic heterocycles. The van der Waals surface area contributed by atoms with Gasteiger partial charge in [0, 0.05) is 0 Å². The van der Waals surface area contributed by atoms with Gasteiger partial charge in [0.25, 0.3) is 0 Å². The van der Waals surface area contributed by atoms with E-state index < -0.39 is 17.8 Å². The number of fused-ring (bicyclic) bond motifs is 1. The molecule has 0 saturated carbocycles. The third-order valence-corrected chi connectivity index (χ3v) is 4.81. The lowest BCUT2D eigenvalue weighted by molar-refractivity contribution is -0.136. The van der Waals surface area contributed by atoms with Crippen molar-refractivity contribution >= 4 is 44.7 Å². The van der Waals surface area contributed by atoms with Gasteiger partial charge in [-0.3, -0.25) is 0 Å². The average molecular weight is 359 g/mol. The molecule has 120 valence electrons. The molecule has 0 spiro atoms. The molecule has 0 bridgehead atoms. The maximum Gasteiger partial charge on any atom is 0.417 e. The third kappa shape index (κ3) is 2.82. The number of ether oxygens (including phenoxy) is 1. The number of nitrogen functional groups attached to an aromatic ring is 1. The van der Waals surface area contributed by atoms with Crippen LogP contribution in [0.5, 0.6) is 5.06 Å². The smallest absolute Gasteiger partial charge is 0.397 e. The summed E-state index contributed by atoms with van der Waals surface area (Å²) >= 11 is 2.00. The van der Waals surface area contributed by atoms with E-state index in [-0.39, 0.29) is 26.7 Å². The lowest BCUT2D eigenvalue weighted by atomic mass is 10.1. The van der Waals surface area contributed by atoms with Crippen molar-refractivity contribution < 1.29 is 22.7 Å². The summed E-state index contributed by atoms with van der Waals surface area (Å²) in [5, 5.41) is 1.24. The van der Waals surface area contributed by atoms with Gasteiger partial charge in [-0.2, -0.15) is 13.2 Å². The molecular weight excluding hydrogens is 351 g/mol. The lowest BCUT2D eigenvalue weighted by Gasteiger charge is -2.10. The molecule has 0 aliphatic heterocycles. The zero-order valence-electron chi connectivity index (χ0n) is 11.2. The number of anilines is 1. The van der Waals surface area contributed by atoms with E-state index in [9.17, 15) is 18.0 Å². The minimum absolute atomic E-state index is 0.0250. The Labute approximate surface area is 135 Å². The highest BCUT2D eigenvalue weighted by atomic mass is 32.1. The highest BCUT2D eigenvalue weighted by molar-refractivity contribution is 7.21. The Balaban J connectivity index is 2.31. The maximum absolute atomic E-state index is 13.4. The molecule has 0 radical (unpaired) electrons. The van der Waals surface area contributed by atoms with Crippen molar-refractivity contribution in [2.75, 3.05) is 5.73 Å². The Kier molecular flexibility index (Phi) is 3.65. The van der Waals surface area contributed by atoms with Gasteiger partial charge in [-0.1, -0.05) is 17.4 Å². The van der Waals surface area contributed by atoms with Crippen molar-refractivity contribution in [2.45, 2.75) is 6.18 Å². The van der Waals surface area contributed by atoms with Crippen molar-refractivity contribution in [3.05, 3.63) is 29.1 Å². The fraction of sp³-hybridized carbons (Fsp3) is 0.0769. The fourth-order valence-corrected chi connectivity index (χ4v) is 3.71. The Morgan fingerprint density at radius 1 is 1.35 bits per heavy atom. The summed E-state index contributed by atoms with van der Waals surface area (Å²) in [7, 11) is 0. The molecule has 3 rings (SSSR count). The molecule has 4 N–H and O–H groups in total. The Hall–Kier alpha value is -2.33.